The van der Waals surface area contributed by atoms with E-state index >= 15 is 0 Å². The Bertz CT molecular complexity index is 949. The van der Waals surface area contributed by atoms with Crippen molar-refractivity contribution in [2.24, 2.45) is 5.92 Å². The highest BCUT2D eigenvalue weighted by atomic mass is 79.9. The van der Waals surface area contributed by atoms with Crippen molar-refractivity contribution in [1.82, 2.24) is 0 Å². The molecule has 1 aliphatic rings. The van der Waals surface area contributed by atoms with E-state index < -0.39 is 17.8 Å². The number of nitrogens with zero attached hydrogens (tertiary/aromatic N) is 1. The second-order valence-electron chi connectivity index (χ2n) is 7.51. The van der Waals surface area contributed by atoms with Gasteiger partial charge in [0.05, 0.1) is 5.92 Å². The van der Waals surface area contributed by atoms with Gasteiger partial charge in [-0.15, -0.1) is 0 Å². The van der Waals surface area contributed by atoms with Crippen LogP contribution >= 0.6 is 15.9 Å². The number of nitrogens with one attached hydrogen (secondary N) is 1. The van der Waals surface area contributed by atoms with Gasteiger partial charge in [0, 0.05) is 28.8 Å². The number of hydrogen-bond donors (Lipinski definition) is 1. The summed E-state index contributed by atoms with van der Waals surface area (Å²) in [6, 6.07) is 11.4. The summed E-state index contributed by atoms with van der Waals surface area (Å²) >= 11 is 3.49. The Balaban J connectivity index is 1.53. The van der Waals surface area contributed by atoms with Crippen LogP contribution in [0.4, 0.5) is 11.4 Å². The molecule has 1 atom stereocenters. The second-order valence-corrected chi connectivity index (χ2v) is 8.30. The number of carbonyl (C=O) groups excluding carboxylic acids is 3. The van der Waals surface area contributed by atoms with Crippen molar-refractivity contribution in [3.8, 4) is 0 Å². The minimum atomic E-state index is -0.576. The molecule has 6 nitrogen and oxygen atoms in total. The Kier molecular flexibility index (Phi) is 6.92. The van der Waals surface area contributed by atoms with Gasteiger partial charge in [-0.05, 0) is 61.2 Å². The van der Waals surface area contributed by atoms with Gasteiger partial charge in [-0.25, -0.2) is 0 Å². The first-order chi connectivity index (χ1) is 14.3. The molecule has 0 spiro atoms. The molecule has 1 fully saturated rings. The van der Waals surface area contributed by atoms with Crippen LogP contribution in [0.5, 0.6) is 0 Å². The lowest BCUT2D eigenvalue weighted by atomic mass is 10.1. The van der Waals surface area contributed by atoms with E-state index in [9.17, 15) is 14.4 Å². The standard InChI is InChI=1S/C23H25BrN2O4/c1-4-16-5-7-19(8-6-16)26-12-17(11-21(26)28)23(29)30-13-20(27)25-18-9-14(2)22(24)15(3)10-18/h5-10,17H,4,11-13H2,1-3H3,(H,25,27)/t17-/m0/s1. The molecule has 0 bridgehead atoms. The fraction of sp³-hybridized carbons (Fsp3) is 0.348. The maximum Gasteiger partial charge on any atom is 0.311 e. The summed E-state index contributed by atoms with van der Waals surface area (Å²) in [5, 5.41) is 2.74. The number of aryl methyl sites for hydroxylation is 3. The SMILES string of the molecule is CCc1ccc(N2C[C@@H](C(=O)OCC(=O)Nc3cc(C)c(Br)c(C)c3)CC2=O)cc1. The fourth-order valence-electron chi connectivity index (χ4n) is 3.50. The van der Waals surface area contributed by atoms with Crippen molar-refractivity contribution in [3.05, 3.63) is 57.6 Å². The van der Waals surface area contributed by atoms with Crippen molar-refractivity contribution in [2.75, 3.05) is 23.4 Å². The van der Waals surface area contributed by atoms with Gasteiger partial charge < -0.3 is 15.0 Å². The van der Waals surface area contributed by atoms with Gasteiger partial charge in [-0.3, -0.25) is 14.4 Å². The smallest absolute Gasteiger partial charge is 0.311 e. The largest absolute Gasteiger partial charge is 0.455 e. The molecule has 2 aromatic carbocycles. The highest BCUT2D eigenvalue weighted by Gasteiger charge is 2.36. The molecule has 158 valence electrons. The number of rotatable bonds is 6. The van der Waals surface area contributed by atoms with E-state index in [1.165, 1.54) is 5.56 Å². The minimum Gasteiger partial charge on any atom is -0.455 e. The molecule has 2 amide bonds. The lowest BCUT2D eigenvalue weighted by Crippen LogP contribution is -2.28. The van der Waals surface area contributed by atoms with Crippen molar-refractivity contribution in [3.63, 3.8) is 0 Å². The number of carbonyl (C=O) groups is 3. The highest BCUT2D eigenvalue weighted by Crippen LogP contribution is 2.27. The van der Waals surface area contributed by atoms with Crippen LogP contribution < -0.4 is 10.2 Å². The summed E-state index contributed by atoms with van der Waals surface area (Å²) in [7, 11) is 0. The zero-order chi connectivity index (χ0) is 21.8. The summed E-state index contributed by atoms with van der Waals surface area (Å²) in [4.78, 5) is 38.5. The molecule has 30 heavy (non-hydrogen) atoms. The molecular weight excluding hydrogens is 448 g/mol. The van der Waals surface area contributed by atoms with Gasteiger partial charge in [0.1, 0.15) is 0 Å². The monoisotopic (exact) mass is 472 g/mol. The summed E-state index contributed by atoms with van der Waals surface area (Å²) in [5.74, 6) is -1.64. The Morgan fingerprint density at radius 2 is 1.80 bits per heavy atom. The Morgan fingerprint density at radius 1 is 1.17 bits per heavy atom. The van der Waals surface area contributed by atoms with Crippen molar-refractivity contribution in [1.29, 1.82) is 0 Å². The lowest BCUT2D eigenvalue weighted by molar-refractivity contribution is -0.151. The average molecular weight is 473 g/mol. The molecule has 1 saturated heterocycles. The Hall–Kier alpha value is -2.67. The van der Waals surface area contributed by atoms with E-state index in [0.29, 0.717) is 5.69 Å². The molecule has 0 saturated carbocycles. The molecule has 0 radical (unpaired) electrons. The van der Waals surface area contributed by atoms with Gasteiger partial charge >= 0.3 is 5.97 Å². The van der Waals surface area contributed by atoms with Crippen LogP contribution in [-0.4, -0.2) is 30.9 Å². The first-order valence-electron chi connectivity index (χ1n) is 9.91. The third-order valence-corrected chi connectivity index (χ3v) is 6.43. The number of halogens is 1. The van der Waals surface area contributed by atoms with E-state index in [1.54, 1.807) is 4.90 Å². The van der Waals surface area contributed by atoms with Gasteiger partial charge in [-0.1, -0.05) is 35.0 Å². The van der Waals surface area contributed by atoms with Gasteiger partial charge in [-0.2, -0.15) is 0 Å². The molecule has 0 aliphatic carbocycles. The third kappa shape index (κ3) is 5.08. The topological polar surface area (TPSA) is 75.7 Å². The van der Waals surface area contributed by atoms with Crippen molar-refractivity contribution < 1.29 is 19.1 Å². The quantitative estimate of drug-likeness (QED) is 0.640. The van der Waals surface area contributed by atoms with E-state index in [-0.39, 0.29) is 25.5 Å². The zero-order valence-electron chi connectivity index (χ0n) is 17.3. The first kappa shape index (κ1) is 22.0. The highest BCUT2D eigenvalue weighted by molar-refractivity contribution is 9.10. The van der Waals surface area contributed by atoms with E-state index in [4.69, 9.17) is 4.74 Å². The summed E-state index contributed by atoms with van der Waals surface area (Å²) in [5.41, 5.74) is 4.60. The van der Waals surface area contributed by atoms with Crippen LogP contribution in [0.3, 0.4) is 0 Å². The van der Waals surface area contributed by atoms with Crippen LogP contribution in [0.25, 0.3) is 0 Å². The summed E-state index contributed by atoms with van der Waals surface area (Å²) in [6.07, 6.45) is 1.01. The van der Waals surface area contributed by atoms with E-state index in [0.717, 1.165) is 27.7 Å². The fourth-order valence-corrected chi connectivity index (χ4v) is 3.73. The Labute approximate surface area is 184 Å². The average Bonchev–Trinajstić information content (AvgIpc) is 3.12. The van der Waals surface area contributed by atoms with E-state index in [1.807, 2.05) is 50.2 Å². The van der Waals surface area contributed by atoms with Crippen LogP contribution in [0.15, 0.2) is 40.9 Å². The molecule has 1 N–H and O–H groups in total. The van der Waals surface area contributed by atoms with Crippen LogP contribution in [0.2, 0.25) is 0 Å². The Morgan fingerprint density at radius 3 is 2.40 bits per heavy atom. The molecule has 0 unspecified atom stereocenters. The summed E-state index contributed by atoms with van der Waals surface area (Å²) in [6.45, 7) is 5.81. The first-order valence-corrected chi connectivity index (χ1v) is 10.7. The van der Waals surface area contributed by atoms with Crippen LogP contribution in [-0.2, 0) is 25.5 Å². The maximum absolute atomic E-state index is 12.4. The number of anilines is 2. The molecule has 3 rings (SSSR count). The van der Waals surface area contributed by atoms with Crippen LogP contribution in [0.1, 0.15) is 30.0 Å². The van der Waals surface area contributed by atoms with Crippen molar-refractivity contribution >= 4 is 45.1 Å². The molecule has 1 heterocycles. The molecule has 0 aromatic heterocycles. The normalized spacial score (nSPS) is 15.9. The van der Waals surface area contributed by atoms with E-state index in [2.05, 4.69) is 28.2 Å². The number of ether oxygens (including phenoxy) is 1. The molecular formula is C23H25BrN2O4. The number of hydrogen-bond acceptors (Lipinski definition) is 4. The second kappa shape index (κ2) is 9.43. The minimum absolute atomic E-state index is 0.0844. The predicted molar refractivity (Wildman–Crippen MR) is 119 cm³/mol. The number of esters is 1. The van der Waals surface area contributed by atoms with Crippen molar-refractivity contribution in [2.45, 2.75) is 33.6 Å². The number of amides is 2. The predicted octanol–water partition coefficient (Wildman–Crippen LogP) is 4.16. The maximum atomic E-state index is 12.4. The number of benzene rings is 2. The molecule has 7 heteroatoms. The zero-order valence-corrected chi connectivity index (χ0v) is 18.9. The summed E-state index contributed by atoms with van der Waals surface area (Å²) < 4.78 is 6.17. The molecule has 2 aromatic rings. The van der Waals surface area contributed by atoms with Crippen LogP contribution in [0, 0.1) is 19.8 Å². The van der Waals surface area contributed by atoms with Gasteiger partial charge in [0.25, 0.3) is 5.91 Å². The van der Waals surface area contributed by atoms with Gasteiger partial charge in [0.15, 0.2) is 6.61 Å². The van der Waals surface area contributed by atoms with Gasteiger partial charge in [0.2, 0.25) is 5.91 Å². The lowest BCUT2D eigenvalue weighted by Gasteiger charge is -2.17. The molecule has 1 aliphatic heterocycles. The third-order valence-electron chi connectivity index (χ3n) is 5.18.